The summed E-state index contributed by atoms with van der Waals surface area (Å²) >= 11 is 0. The normalized spacial score (nSPS) is 11.1. The topological polar surface area (TPSA) is 50.1 Å². The van der Waals surface area contributed by atoms with Gasteiger partial charge < -0.3 is 4.74 Å². The summed E-state index contributed by atoms with van der Waals surface area (Å²) in [6, 6.07) is 23.3. The minimum absolute atomic E-state index is 0.355. The molecule has 0 radical (unpaired) electrons. The standard InChI is InChI=1S/C21H15NO2/c1-15(23)24-19-11-9-16(10-12-19)13-18(14-22)21-8-4-6-17-5-2-3-7-20(17)21/h2-13H,1H3/b18-13-. The second-order valence-corrected chi connectivity index (χ2v) is 5.36. The first kappa shape index (κ1) is 15.5. The maximum atomic E-state index is 11.0. The highest BCUT2D eigenvalue weighted by Gasteiger charge is 2.06. The van der Waals surface area contributed by atoms with Gasteiger partial charge in [-0.1, -0.05) is 54.6 Å². The summed E-state index contributed by atoms with van der Waals surface area (Å²) in [6.45, 7) is 1.36. The lowest BCUT2D eigenvalue weighted by atomic mass is 9.97. The number of carbonyl (C=O) groups excluding carboxylic acids is 1. The quantitative estimate of drug-likeness (QED) is 0.301. The zero-order chi connectivity index (χ0) is 16.9. The summed E-state index contributed by atoms with van der Waals surface area (Å²) in [5.41, 5.74) is 2.36. The first-order chi connectivity index (χ1) is 11.7. The molecule has 0 amide bonds. The number of benzene rings is 3. The predicted molar refractivity (Wildman–Crippen MR) is 95.2 cm³/mol. The molecule has 0 saturated heterocycles. The summed E-state index contributed by atoms with van der Waals surface area (Å²) in [7, 11) is 0. The molecule has 24 heavy (non-hydrogen) atoms. The summed E-state index contributed by atoms with van der Waals surface area (Å²) in [4.78, 5) is 11.0. The zero-order valence-corrected chi connectivity index (χ0v) is 13.2. The highest BCUT2D eigenvalue weighted by Crippen LogP contribution is 2.26. The van der Waals surface area contributed by atoms with Crippen LogP contribution in [0.25, 0.3) is 22.4 Å². The van der Waals surface area contributed by atoms with Crippen molar-refractivity contribution in [1.29, 1.82) is 5.26 Å². The summed E-state index contributed by atoms with van der Waals surface area (Å²) < 4.78 is 5.02. The fourth-order valence-electron chi connectivity index (χ4n) is 2.60. The highest BCUT2D eigenvalue weighted by molar-refractivity contribution is 6.01. The first-order valence-corrected chi connectivity index (χ1v) is 7.56. The molecule has 0 bridgehead atoms. The Labute approximate surface area is 140 Å². The van der Waals surface area contributed by atoms with Gasteiger partial charge >= 0.3 is 5.97 Å². The second-order valence-electron chi connectivity index (χ2n) is 5.36. The molecular weight excluding hydrogens is 298 g/mol. The Balaban J connectivity index is 2.00. The van der Waals surface area contributed by atoms with E-state index in [9.17, 15) is 10.1 Å². The number of carbonyl (C=O) groups is 1. The average Bonchev–Trinajstić information content (AvgIpc) is 2.60. The van der Waals surface area contributed by atoms with Crippen LogP contribution < -0.4 is 4.74 Å². The Hall–Kier alpha value is -3.38. The van der Waals surface area contributed by atoms with Gasteiger partial charge in [0, 0.05) is 12.5 Å². The van der Waals surface area contributed by atoms with Crippen LogP contribution >= 0.6 is 0 Å². The van der Waals surface area contributed by atoms with Gasteiger partial charge in [-0.3, -0.25) is 4.79 Å². The van der Waals surface area contributed by atoms with Crippen molar-refractivity contribution >= 4 is 28.4 Å². The fraction of sp³-hybridized carbons (Fsp3) is 0.0476. The molecule has 0 aliphatic heterocycles. The molecule has 0 spiro atoms. The van der Waals surface area contributed by atoms with Crippen LogP contribution in [0.1, 0.15) is 18.1 Å². The number of hydrogen-bond donors (Lipinski definition) is 0. The van der Waals surface area contributed by atoms with E-state index in [1.54, 1.807) is 12.1 Å². The second kappa shape index (κ2) is 6.80. The lowest BCUT2D eigenvalue weighted by molar-refractivity contribution is -0.131. The van der Waals surface area contributed by atoms with Crippen LogP contribution in [0.4, 0.5) is 0 Å². The third kappa shape index (κ3) is 3.34. The minimum atomic E-state index is -0.355. The summed E-state index contributed by atoms with van der Waals surface area (Å²) in [5, 5.41) is 11.7. The van der Waals surface area contributed by atoms with Crippen molar-refractivity contribution in [3.8, 4) is 11.8 Å². The largest absolute Gasteiger partial charge is 0.427 e. The van der Waals surface area contributed by atoms with Gasteiger partial charge in [0.05, 0.1) is 11.6 Å². The zero-order valence-electron chi connectivity index (χ0n) is 13.2. The summed E-state index contributed by atoms with van der Waals surface area (Å²) in [6.07, 6.45) is 1.83. The average molecular weight is 313 g/mol. The number of ether oxygens (including phenoxy) is 1. The Bertz CT molecular complexity index is 958. The lowest BCUT2D eigenvalue weighted by Crippen LogP contribution is -2.00. The molecular formula is C21H15NO2. The Morgan fingerprint density at radius 1 is 1.00 bits per heavy atom. The predicted octanol–water partition coefficient (Wildman–Crippen LogP) is 4.83. The van der Waals surface area contributed by atoms with E-state index < -0.39 is 0 Å². The van der Waals surface area contributed by atoms with E-state index in [1.165, 1.54) is 6.92 Å². The van der Waals surface area contributed by atoms with Gasteiger partial charge in [-0.05, 0) is 34.5 Å². The van der Waals surface area contributed by atoms with Crippen molar-refractivity contribution in [2.24, 2.45) is 0 Å². The van der Waals surface area contributed by atoms with Crippen LogP contribution in [0.5, 0.6) is 5.75 Å². The van der Waals surface area contributed by atoms with Gasteiger partial charge in [-0.15, -0.1) is 0 Å². The van der Waals surface area contributed by atoms with Crippen LogP contribution in [-0.4, -0.2) is 5.97 Å². The van der Waals surface area contributed by atoms with Crippen molar-refractivity contribution in [3.63, 3.8) is 0 Å². The van der Waals surface area contributed by atoms with Crippen LogP contribution in [0.15, 0.2) is 66.7 Å². The number of hydrogen-bond acceptors (Lipinski definition) is 3. The molecule has 0 aromatic heterocycles. The molecule has 0 saturated carbocycles. The maximum absolute atomic E-state index is 11.0. The number of fused-ring (bicyclic) bond motifs is 1. The van der Waals surface area contributed by atoms with Crippen molar-refractivity contribution in [1.82, 2.24) is 0 Å². The number of allylic oxidation sites excluding steroid dienone is 1. The van der Waals surface area contributed by atoms with E-state index in [2.05, 4.69) is 6.07 Å². The van der Waals surface area contributed by atoms with E-state index in [-0.39, 0.29) is 5.97 Å². The van der Waals surface area contributed by atoms with Crippen LogP contribution in [0, 0.1) is 11.3 Å². The van der Waals surface area contributed by atoms with Crippen LogP contribution in [0.3, 0.4) is 0 Å². The number of nitriles is 1. The molecule has 0 unspecified atom stereocenters. The van der Waals surface area contributed by atoms with Crippen molar-refractivity contribution in [2.75, 3.05) is 0 Å². The molecule has 3 aromatic rings. The number of nitrogens with zero attached hydrogens (tertiary/aromatic N) is 1. The molecule has 0 heterocycles. The Morgan fingerprint density at radius 2 is 1.71 bits per heavy atom. The molecule has 3 heteroatoms. The van der Waals surface area contributed by atoms with E-state index >= 15 is 0 Å². The highest BCUT2D eigenvalue weighted by atomic mass is 16.5. The molecule has 0 aliphatic rings. The maximum Gasteiger partial charge on any atom is 0.308 e. The Kier molecular flexibility index (Phi) is 4.40. The first-order valence-electron chi connectivity index (χ1n) is 7.56. The van der Waals surface area contributed by atoms with Gasteiger partial charge in [-0.25, -0.2) is 0 Å². The summed E-state index contributed by atoms with van der Waals surface area (Å²) in [5.74, 6) is 0.134. The smallest absolute Gasteiger partial charge is 0.308 e. The van der Waals surface area contributed by atoms with Gasteiger partial charge in [0.2, 0.25) is 0 Å². The minimum Gasteiger partial charge on any atom is -0.427 e. The van der Waals surface area contributed by atoms with Gasteiger partial charge in [-0.2, -0.15) is 5.26 Å². The van der Waals surface area contributed by atoms with E-state index in [1.807, 2.05) is 60.7 Å². The molecule has 0 fully saturated rings. The van der Waals surface area contributed by atoms with Crippen molar-refractivity contribution in [3.05, 3.63) is 77.9 Å². The fourth-order valence-corrected chi connectivity index (χ4v) is 2.60. The van der Waals surface area contributed by atoms with Gasteiger partial charge in [0.1, 0.15) is 5.75 Å². The number of esters is 1. The van der Waals surface area contributed by atoms with Crippen LogP contribution in [0.2, 0.25) is 0 Å². The molecule has 0 aliphatic carbocycles. The monoisotopic (exact) mass is 313 g/mol. The third-order valence-corrected chi connectivity index (χ3v) is 3.65. The van der Waals surface area contributed by atoms with E-state index in [0.717, 1.165) is 21.9 Å². The molecule has 116 valence electrons. The van der Waals surface area contributed by atoms with Crippen LogP contribution in [-0.2, 0) is 4.79 Å². The number of rotatable bonds is 3. The Morgan fingerprint density at radius 3 is 2.42 bits per heavy atom. The van der Waals surface area contributed by atoms with Crippen molar-refractivity contribution < 1.29 is 9.53 Å². The van der Waals surface area contributed by atoms with Gasteiger partial charge in [0.15, 0.2) is 0 Å². The van der Waals surface area contributed by atoms with Crippen molar-refractivity contribution in [2.45, 2.75) is 6.92 Å². The molecule has 3 aromatic carbocycles. The lowest BCUT2D eigenvalue weighted by Gasteiger charge is -2.06. The van der Waals surface area contributed by atoms with E-state index in [4.69, 9.17) is 4.74 Å². The third-order valence-electron chi connectivity index (χ3n) is 3.65. The van der Waals surface area contributed by atoms with Gasteiger partial charge in [0.25, 0.3) is 0 Å². The SMILES string of the molecule is CC(=O)Oc1ccc(/C=C(/C#N)c2cccc3ccccc23)cc1. The molecule has 0 N–H and O–H groups in total. The molecule has 3 nitrogen and oxygen atoms in total. The molecule has 0 atom stereocenters. The van der Waals surface area contributed by atoms with E-state index in [0.29, 0.717) is 11.3 Å². The molecule has 3 rings (SSSR count).